The summed E-state index contributed by atoms with van der Waals surface area (Å²) < 4.78 is 26.8. The van der Waals surface area contributed by atoms with Crippen LogP contribution in [-0.2, 0) is 14.4 Å². The number of hydrogen-bond donors (Lipinski definition) is 0. The van der Waals surface area contributed by atoms with E-state index >= 15 is 0 Å². The van der Waals surface area contributed by atoms with Crippen molar-refractivity contribution in [3.63, 3.8) is 0 Å². The number of rotatable bonds is 3. The number of nitrogens with zero attached hydrogens (tertiary/aromatic N) is 1. The van der Waals surface area contributed by atoms with E-state index in [9.17, 15) is 8.42 Å². The van der Waals surface area contributed by atoms with E-state index in [1.54, 1.807) is 25.1 Å². The lowest BCUT2D eigenvalue weighted by Crippen LogP contribution is -2.01. The minimum atomic E-state index is -3.72. The van der Waals surface area contributed by atoms with E-state index in [1.807, 2.05) is 0 Å². The van der Waals surface area contributed by atoms with E-state index in [0.717, 1.165) is 0 Å². The smallest absolute Gasteiger partial charge is 0.265 e. The summed E-state index contributed by atoms with van der Waals surface area (Å²) >= 11 is 0. The predicted molar refractivity (Wildman–Crippen MR) is 48.9 cm³/mol. The van der Waals surface area contributed by atoms with E-state index < -0.39 is 10.1 Å². The zero-order valence-electron chi connectivity index (χ0n) is 7.04. The third-order valence-electron chi connectivity index (χ3n) is 1.28. The second-order valence-corrected chi connectivity index (χ2v) is 3.73. The van der Waals surface area contributed by atoms with Gasteiger partial charge in [0, 0.05) is 6.21 Å². The Morgan fingerprint density at radius 2 is 1.92 bits per heavy atom. The lowest BCUT2D eigenvalue weighted by atomic mass is 10.4. The monoisotopic (exact) mass is 199 g/mol. The highest BCUT2D eigenvalue weighted by molar-refractivity contribution is 7.86. The van der Waals surface area contributed by atoms with E-state index in [-0.39, 0.29) is 4.90 Å². The Kier molecular flexibility index (Phi) is 3.02. The molecule has 1 aromatic carbocycles. The molecule has 0 spiro atoms. The molecule has 0 aromatic heterocycles. The fourth-order valence-corrected chi connectivity index (χ4v) is 1.51. The quantitative estimate of drug-likeness (QED) is 0.546. The summed E-state index contributed by atoms with van der Waals surface area (Å²) in [5, 5.41) is 3.21. The Labute approximate surface area is 77.0 Å². The van der Waals surface area contributed by atoms with Crippen LogP contribution in [-0.4, -0.2) is 14.6 Å². The van der Waals surface area contributed by atoms with Gasteiger partial charge in [0.2, 0.25) is 0 Å². The van der Waals surface area contributed by atoms with Gasteiger partial charge in [-0.25, -0.2) is 0 Å². The largest absolute Gasteiger partial charge is 0.358 e. The van der Waals surface area contributed by atoms with Crippen molar-refractivity contribution in [2.75, 3.05) is 0 Å². The van der Waals surface area contributed by atoms with E-state index in [2.05, 4.69) is 9.44 Å². The molecule has 1 aromatic rings. The summed E-state index contributed by atoms with van der Waals surface area (Å²) in [6, 6.07) is 7.85. The van der Waals surface area contributed by atoms with Crippen molar-refractivity contribution >= 4 is 16.3 Å². The molecule has 70 valence electrons. The third-order valence-corrected chi connectivity index (χ3v) is 2.41. The third kappa shape index (κ3) is 2.55. The average molecular weight is 199 g/mol. The SMILES string of the molecule is CC=NOS(=O)(=O)c1ccccc1. The van der Waals surface area contributed by atoms with Crippen LogP contribution in [0.2, 0.25) is 0 Å². The van der Waals surface area contributed by atoms with Crippen LogP contribution in [0.4, 0.5) is 0 Å². The zero-order chi connectivity index (χ0) is 9.73. The predicted octanol–water partition coefficient (Wildman–Crippen LogP) is 1.40. The number of hydrogen-bond acceptors (Lipinski definition) is 4. The van der Waals surface area contributed by atoms with Crippen LogP contribution in [0.1, 0.15) is 6.92 Å². The zero-order valence-corrected chi connectivity index (χ0v) is 7.86. The molecule has 0 radical (unpaired) electrons. The van der Waals surface area contributed by atoms with Gasteiger partial charge in [-0.3, -0.25) is 4.28 Å². The highest BCUT2D eigenvalue weighted by Crippen LogP contribution is 2.10. The van der Waals surface area contributed by atoms with Crippen molar-refractivity contribution in [3.05, 3.63) is 30.3 Å². The summed E-state index contributed by atoms with van der Waals surface area (Å²) in [6.07, 6.45) is 1.26. The molecule has 13 heavy (non-hydrogen) atoms. The van der Waals surface area contributed by atoms with Gasteiger partial charge in [0.15, 0.2) is 0 Å². The second-order valence-electron chi connectivity index (χ2n) is 2.21. The molecular formula is C8H9NO3S. The van der Waals surface area contributed by atoms with Gasteiger partial charge in [0.05, 0.1) is 0 Å². The van der Waals surface area contributed by atoms with Crippen LogP contribution in [0.15, 0.2) is 40.4 Å². The van der Waals surface area contributed by atoms with Gasteiger partial charge in [0.1, 0.15) is 4.90 Å². The second kappa shape index (κ2) is 4.04. The summed E-state index contributed by atoms with van der Waals surface area (Å²) in [6.45, 7) is 1.57. The summed E-state index contributed by atoms with van der Waals surface area (Å²) in [4.78, 5) is 0.0978. The topological polar surface area (TPSA) is 55.7 Å². The highest BCUT2D eigenvalue weighted by atomic mass is 32.2. The molecule has 0 bridgehead atoms. The minimum absolute atomic E-state index is 0.0978. The Morgan fingerprint density at radius 1 is 1.31 bits per heavy atom. The molecule has 0 aliphatic rings. The van der Waals surface area contributed by atoms with Crippen molar-refractivity contribution in [2.24, 2.45) is 5.16 Å². The van der Waals surface area contributed by atoms with Gasteiger partial charge in [-0.2, -0.15) is 8.42 Å². The Hall–Kier alpha value is -1.36. The van der Waals surface area contributed by atoms with Crippen molar-refractivity contribution in [1.82, 2.24) is 0 Å². The van der Waals surface area contributed by atoms with Crippen LogP contribution in [0.3, 0.4) is 0 Å². The highest BCUT2D eigenvalue weighted by Gasteiger charge is 2.13. The molecule has 0 aliphatic heterocycles. The van der Waals surface area contributed by atoms with Crippen LogP contribution in [0.5, 0.6) is 0 Å². The van der Waals surface area contributed by atoms with Gasteiger partial charge >= 0.3 is 10.1 Å². The first-order chi connectivity index (χ1) is 6.17. The molecule has 0 unspecified atom stereocenters. The van der Waals surface area contributed by atoms with E-state index in [4.69, 9.17) is 0 Å². The molecule has 0 atom stereocenters. The first-order valence-electron chi connectivity index (χ1n) is 3.63. The van der Waals surface area contributed by atoms with Gasteiger partial charge in [-0.1, -0.05) is 23.4 Å². The lowest BCUT2D eigenvalue weighted by Gasteiger charge is -1.99. The molecule has 0 N–H and O–H groups in total. The standard InChI is InChI=1S/C8H9NO3S/c1-2-9-12-13(10,11)8-6-4-3-5-7-8/h2-7H,1H3. The van der Waals surface area contributed by atoms with Gasteiger partial charge in [-0.05, 0) is 19.1 Å². The molecular weight excluding hydrogens is 190 g/mol. The molecule has 0 aliphatic carbocycles. The van der Waals surface area contributed by atoms with Crippen molar-refractivity contribution in [2.45, 2.75) is 11.8 Å². The lowest BCUT2D eigenvalue weighted by molar-refractivity contribution is 0.340. The van der Waals surface area contributed by atoms with Crippen LogP contribution < -0.4 is 0 Å². The van der Waals surface area contributed by atoms with Crippen molar-refractivity contribution < 1.29 is 12.7 Å². The number of benzene rings is 1. The first kappa shape index (κ1) is 9.73. The Morgan fingerprint density at radius 3 is 2.46 bits per heavy atom. The Balaban J connectivity index is 2.95. The van der Waals surface area contributed by atoms with Crippen LogP contribution >= 0.6 is 0 Å². The normalized spacial score (nSPS) is 11.8. The molecule has 4 nitrogen and oxygen atoms in total. The maximum atomic E-state index is 11.3. The average Bonchev–Trinajstić information content (AvgIpc) is 2.16. The van der Waals surface area contributed by atoms with E-state index in [0.29, 0.717) is 0 Å². The summed E-state index contributed by atoms with van der Waals surface area (Å²) in [5.74, 6) is 0. The fourth-order valence-electron chi connectivity index (χ4n) is 0.730. The molecule has 0 saturated heterocycles. The van der Waals surface area contributed by atoms with Gasteiger partial charge in [-0.15, -0.1) is 0 Å². The van der Waals surface area contributed by atoms with Gasteiger partial charge in [0.25, 0.3) is 0 Å². The van der Waals surface area contributed by atoms with Crippen molar-refractivity contribution in [3.8, 4) is 0 Å². The molecule has 5 heteroatoms. The van der Waals surface area contributed by atoms with E-state index in [1.165, 1.54) is 18.3 Å². The molecule has 0 saturated carbocycles. The maximum absolute atomic E-state index is 11.3. The number of oxime groups is 1. The fraction of sp³-hybridized carbons (Fsp3) is 0.125. The minimum Gasteiger partial charge on any atom is -0.265 e. The molecule has 0 fully saturated rings. The summed E-state index contributed by atoms with van der Waals surface area (Å²) in [5.41, 5.74) is 0. The molecule has 0 amide bonds. The van der Waals surface area contributed by atoms with Crippen molar-refractivity contribution in [1.29, 1.82) is 0 Å². The first-order valence-corrected chi connectivity index (χ1v) is 5.04. The molecule has 0 heterocycles. The van der Waals surface area contributed by atoms with Crippen LogP contribution in [0, 0.1) is 0 Å². The maximum Gasteiger partial charge on any atom is 0.358 e. The van der Waals surface area contributed by atoms with Crippen LogP contribution in [0.25, 0.3) is 0 Å². The Bertz CT molecular complexity index is 383. The summed E-state index contributed by atoms with van der Waals surface area (Å²) in [7, 11) is -3.72. The molecule has 1 rings (SSSR count). The van der Waals surface area contributed by atoms with Gasteiger partial charge < -0.3 is 0 Å².